The number of carboxylic acid groups (broad SMARTS) is 1. The first-order valence-electron chi connectivity index (χ1n) is 5.45. The Morgan fingerprint density at radius 1 is 1.29 bits per heavy atom. The normalized spacial score (nSPS) is 13.1. The van der Waals surface area contributed by atoms with Gasteiger partial charge in [-0.25, -0.2) is 8.42 Å². The number of hydrogen-bond donors (Lipinski definition) is 1. The van der Waals surface area contributed by atoms with Crippen LogP contribution >= 0.6 is 0 Å². The Hall–Kier alpha value is -1.11. The Balaban J connectivity index is 4.82. The van der Waals surface area contributed by atoms with Gasteiger partial charge < -0.3 is 10.0 Å². The van der Waals surface area contributed by atoms with Crippen LogP contribution in [0.4, 0.5) is 0 Å². The fraction of sp³-hybridized carbons (Fsp3) is 0.800. The molecule has 1 unspecified atom stereocenters. The van der Waals surface area contributed by atoms with E-state index in [-0.39, 0.29) is 11.8 Å². The molecule has 0 aliphatic carbocycles. The van der Waals surface area contributed by atoms with Crippen molar-refractivity contribution in [1.29, 1.82) is 0 Å². The molecule has 0 aliphatic rings. The van der Waals surface area contributed by atoms with Gasteiger partial charge in [0, 0.05) is 11.8 Å². The summed E-state index contributed by atoms with van der Waals surface area (Å²) < 4.78 is 22.6. The van der Waals surface area contributed by atoms with Crippen LogP contribution in [-0.4, -0.2) is 54.4 Å². The molecule has 0 aromatic heterocycles. The summed E-state index contributed by atoms with van der Waals surface area (Å²) in [5.74, 6) is -2.54. The molecule has 0 spiro atoms. The highest BCUT2D eigenvalue weighted by molar-refractivity contribution is 7.92. The first-order valence-corrected chi connectivity index (χ1v) is 7.27. The van der Waals surface area contributed by atoms with E-state index in [2.05, 4.69) is 0 Å². The smallest absolute Gasteiger partial charge is 0.323 e. The van der Waals surface area contributed by atoms with Crippen molar-refractivity contribution < 1.29 is 23.1 Å². The third kappa shape index (κ3) is 5.67. The fourth-order valence-electron chi connectivity index (χ4n) is 1.23. The van der Waals surface area contributed by atoms with E-state index in [1.165, 1.54) is 6.92 Å². The van der Waals surface area contributed by atoms with Crippen molar-refractivity contribution in [2.24, 2.45) is 0 Å². The lowest BCUT2D eigenvalue weighted by Crippen LogP contribution is -2.44. The number of carboxylic acids is 1. The van der Waals surface area contributed by atoms with E-state index in [0.717, 1.165) is 4.90 Å². The van der Waals surface area contributed by atoms with Crippen molar-refractivity contribution in [2.75, 3.05) is 18.1 Å². The number of hydrogen-bond acceptors (Lipinski definition) is 4. The monoisotopic (exact) mass is 265 g/mol. The maximum atomic E-state index is 11.7. The van der Waals surface area contributed by atoms with Crippen LogP contribution in [0.2, 0.25) is 0 Å². The second kappa shape index (κ2) is 6.58. The summed E-state index contributed by atoms with van der Waals surface area (Å²) in [6.07, 6.45) is 0.575. The summed E-state index contributed by atoms with van der Waals surface area (Å²) in [6, 6.07) is -0.286. The van der Waals surface area contributed by atoms with E-state index in [9.17, 15) is 18.0 Å². The van der Waals surface area contributed by atoms with Crippen LogP contribution in [-0.2, 0) is 19.4 Å². The van der Waals surface area contributed by atoms with Crippen molar-refractivity contribution in [3.63, 3.8) is 0 Å². The van der Waals surface area contributed by atoms with Crippen LogP contribution in [0.5, 0.6) is 0 Å². The number of nitrogens with zero attached hydrogens (tertiary/aromatic N) is 1. The van der Waals surface area contributed by atoms with Crippen LogP contribution < -0.4 is 0 Å². The second-order valence-corrected chi connectivity index (χ2v) is 6.20. The van der Waals surface area contributed by atoms with Crippen LogP contribution in [0.15, 0.2) is 0 Å². The summed E-state index contributed by atoms with van der Waals surface area (Å²) in [7, 11) is -3.43. The molecule has 0 rings (SSSR count). The van der Waals surface area contributed by atoms with Gasteiger partial charge in [-0.2, -0.15) is 0 Å². The Labute approximate surface area is 102 Å². The van der Waals surface area contributed by atoms with Gasteiger partial charge in [0.2, 0.25) is 5.91 Å². The first-order chi connectivity index (χ1) is 7.73. The molecule has 0 saturated carbocycles. The van der Waals surface area contributed by atoms with Crippen LogP contribution in [0, 0.1) is 0 Å². The average Bonchev–Trinajstić information content (AvgIpc) is 2.23. The molecule has 7 heteroatoms. The zero-order chi connectivity index (χ0) is 13.6. The highest BCUT2D eigenvalue weighted by Crippen LogP contribution is 2.05. The number of amides is 1. The SMILES string of the molecule is CCC(C)N(CC(=O)O)C(=O)CS(=O)(=O)CC. The number of carbonyl (C=O) groups is 2. The zero-order valence-corrected chi connectivity index (χ0v) is 11.2. The molecule has 17 heavy (non-hydrogen) atoms. The quantitative estimate of drug-likeness (QED) is 0.706. The molecule has 0 bridgehead atoms. The standard InChI is InChI=1S/C10H19NO5S/c1-4-8(3)11(6-10(13)14)9(12)7-17(15,16)5-2/h8H,4-7H2,1-3H3,(H,13,14). The zero-order valence-electron chi connectivity index (χ0n) is 10.3. The molecular weight excluding hydrogens is 246 g/mol. The minimum Gasteiger partial charge on any atom is -0.480 e. The lowest BCUT2D eigenvalue weighted by Gasteiger charge is -2.26. The van der Waals surface area contributed by atoms with E-state index in [4.69, 9.17) is 5.11 Å². The number of aliphatic carboxylic acids is 1. The van der Waals surface area contributed by atoms with Gasteiger partial charge in [-0.1, -0.05) is 13.8 Å². The van der Waals surface area contributed by atoms with Gasteiger partial charge in [-0.3, -0.25) is 9.59 Å². The molecule has 6 nitrogen and oxygen atoms in total. The molecule has 100 valence electrons. The predicted molar refractivity (Wildman–Crippen MR) is 63.4 cm³/mol. The summed E-state index contributed by atoms with van der Waals surface area (Å²) >= 11 is 0. The van der Waals surface area contributed by atoms with Gasteiger partial charge in [0.1, 0.15) is 12.3 Å². The Morgan fingerprint density at radius 2 is 1.82 bits per heavy atom. The van der Waals surface area contributed by atoms with E-state index < -0.39 is 34.0 Å². The molecule has 1 atom stereocenters. The average molecular weight is 265 g/mol. The summed E-state index contributed by atoms with van der Waals surface area (Å²) in [6.45, 7) is 4.49. The molecule has 0 saturated heterocycles. The van der Waals surface area contributed by atoms with E-state index in [1.807, 2.05) is 0 Å². The van der Waals surface area contributed by atoms with Crippen LogP contribution in [0.1, 0.15) is 27.2 Å². The number of rotatable bonds is 7. The number of carbonyl (C=O) groups excluding carboxylic acids is 1. The predicted octanol–water partition coefficient (Wildman–Crippen LogP) is 0.133. The lowest BCUT2D eigenvalue weighted by molar-refractivity contribution is -0.144. The van der Waals surface area contributed by atoms with Gasteiger partial charge in [-0.15, -0.1) is 0 Å². The van der Waals surface area contributed by atoms with Crippen molar-refractivity contribution in [1.82, 2.24) is 4.90 Å². The van der Waals surface area contributed by atoms with Crippen LogP contribution in [0.3, 0.4) is 0 Å². The van der Waals surface area contributed by atoms with Crippen molar-refractivity contribution >= 4 is 21.7 Å². The molecule has 0 heterocycles. The molecule has 0 radical (unpaired) electrons. The van der Waals surface area contributed by atoms with Crippen LogP contribution in [0.25, 0.3) is 0 Å². The Bertz CT molecular complexity index is 376. The third-order valence-electron chi connectivity index (χ3n) is 2.53. The molecular formula is C10H19NO5S. The fourth-order valence-corrected chi connectivity index (χ4v) is 1.98. The van der Waals surface area contributed by atoms with E-state index >= 15 is 0 Å². The highest BCUT2D eigenvalue weighted by Gasteiger charge is 2.25. The largest absolute Gasteiger partial charge is 0.480 e. The van der Waals surface area contributed by atoms with Crippen molar-refractivity contribution in [2.45, 2.75) is 33.2 Å². The lowest BCUT2D eigenvalue weighted by atomic mass is 10.2. The molecule has 0 aliphatic heterocycles. The van der Waals surface area contributed by atoms with Gasteiger partial charge in [0.25, 0.3) is 0 Å². The van der Waals surface area contributed by atoms with Crippen molar-refractivity contribution in [3.8, 4) is 0 Å². The minimum atomic E-state index is -3.43. The Kier molecular flexibility index (Phi) is 6.15. The van der Waals surface area contributed by atoms with Crippen molar-refractivity contribution in [3.05, 3.63) is 0 Å². The van der Waals surface area contributed by atoms with E-state index in [0.29, 0.717) is 6.42 Å². The molecule has 0 fully saturated rings. The number of sulfone groups is 1. The second-order valence-electron chi connectivity index (χ2n) is 3.85. The van der Waals surface area contributed by atoms with Gasteiger partial charge >= 0.3 is 5.97 Å². The molecule has 1 amide bonds. The minimum absolute atomic E-state index is 0.125. The Morgan fingerprint density at radius 3 is 2.18 bits per heavy atom. The molecule has 0 aromatic carbocycles. The van der Waals surface area contributed by atoms with Gasteiger partial charge in [0.15, 0.2) is 9.84 Å². The summed E-state index contributed by atoms with van der Waals surface area (Å²) in [4.78, 5) is 23.5. The summed E-state index contributed by atoms with van der Waals surface area (Å²) in [5.41, 5.74) is 0. The van der Waals surface area contributed by atoms with Gasteiger partial charge in [0.05, 0.1) is 0 Å². The first kappa shape index (κ1) is 15.9. The molecule has 1 N–H and O–H groups in total. The third-order valence-corrected chi connectivity index (χ3v) is 4.10. The molecule has 0 aromatic rings. The van der Waals surface area contributed by atoms with E-state index in [1.54, 1.807) is 13.8 Å². The maximum absolute atomic E-state index is 11.7. The summed E-state index contributed by atoms with van der Waals surface area (Å²) in [5, 5.41) is 8.69. The topological polar surface area (TPSA) is 91.8 Å². The van der Waals surface area contributed by atoms with Gasteiger partial charge in [-0.05, 0) is 13.3 Å². The highest BCUT2D eigenvalue weighted by atomic mass is 32.2. The maximum Gasteiger partial charge on any atom is 0.323 e.